The molecule has 1 aromatic carbocycles. The molecular weight excluding hydrogens is 232 g/mol. The number of rotatable bonds is 4. The molecule has 0 radical (unpaired) electrons. The van der Waals surface area contributed by atoms with Gasteiger partial charge in [-0.05, 0) is 38.0 Å². The van der Waals surface area contributed by atoms with Crippen LogP contribution in [0.4, 0.5) is 0 Å². The van der Waals surface area contributed by atoms with Crippen LogP contribution in [0, 0.1) is 0 Å². The van der Waals surface area contributed by atoms with Crippen LogP contribution >= 0.6 is 0 Å². The molecule has 1 aromatic rings. The van der Waals surface area contributed by atoms with Gasteiger partial charge in [-0.15, -0.1) is 0 Å². The molecule has 98 valence electrons. The topological polar surface area (TPSA) is 44.8 Å². The summed E-state index contributed by atoms with van der Waals surface area (Å²) in [4.78, 5) is 11.3. The highest BCUT2D eigenvalue weighted by atomic mass is 16.5. The second-order valence-electron chi connectivity index (χ2n) is 4.38. The summed E-state index contributed by atoms with van der Waals surface area (Å²) < 4.78 is 16.5. The average Bonchev–Trinajstić information content (AvgIpc) is 2.40. The first-order chi connectivity index (χ1) is 8.70. The third-order valence-corrected chi connectivity index (χ3v) is 2.98. The maximum absolute atomic E-state index is 11.3. The van der Waals surface area contributed by atoms with Crippen LogP contribution in [0.1, 0.15) is 30.1 Å². The Morgan fingerprint density at radius 2 is 2.22 bits per heavy atom. The number of hydrogen-bond acceptors (Lipinski definition) is 4. The van der Waals surface area contributed by atoms with Gasteiger partial charge in [-0.1, -0.05) is 0 Å². The average molecular weight is 250 g/mol. The Balaban J connectivity index is 2.13. The van der Waals surface area contributed by atoms with E-state index in [1.807, 2.05) is 0 Å². The molecule has 0 aromatic heterocycles. The van der Waals surface area contributed by atoms with E-state index in [-0.39, 0.29) is 11.9 Å². The molecule has 0 bridgehead atoms. The van der Waals surface area contributed by atoms with Gasteiger partial charge in [-0.25, -0.2) is 0 Å². The molecule has 0 amide bonds. The molecule has 1 aliphatic rings. The second kappa shape index (κ2) is 5.87. The van der Waals surface area contributed by atoms with Crippen molar-refractivity contribution in [3.63, 3.8) is 0 Å². The van der Waals surface area contributed by atoms with Crippen molar-refractivity contribution < 1.29 is 19.0 Å². The minimum atomic E-state index is 0.0147. The van der Waals surface area contributed by atoms with Crippen molar-refractivity contribution in [3.05, 3.63) is 23.8 Å². The molecule has 18 heavy (non-hydrogen) atoms. The Hall–Kier alpha value is -1.55. The smallest absolute Gasteiger partial charge is 0.161 e. The van der Waals surface area contributed by atoms with E-state index < -0.39 is 0 Å². The van der Waals surface area contributed by atoms with E-state index >= 15 is 0 Å². The monoisotopic (exact) mass is 250 g/mol. The van der Waals surface area contributed by atoms with Crippen LogP contribution < -0.4 is 9.47 Å². The van der Waals surface area contributed by atoms with Gasteiger partial charge < -0.3 is 14.2 Å². The first-order valence-corrected chi connectivity index (χ1v) is 6.14. The summed E-state index contributed by atoms with van der Waals surface area (Å²) in [5.41, 5.74) is 0.624. The molecule has 1 fully saturated rings. The molecule has 4 heteroatoms. The molecule has 1 aliphatic heterocycles. The fourth-order valence-corrected chi connectivity index (χ4v) is 1.97. The van der Waals surface area contributed by atoms with Crippen LogP contribution in [0.5, 0.6) is 11.5 Å². The van der Waals surface area contributed by atoms with Gasteiger partial charge in [-0.2, -0.15) is 0 Å². The minimum Gasteiger partial charge on any atom is -0.493 e. The first kappa shape index (κ1) is 12.9. The van der Waals surface area contributed by atoms with Gasteiger partial charge in [0.25, 0.3) is 0 Å². The van der Waals surface area contributed by atoms with E-state index in [1.54, 1.807) is 25.3 Å². The highest BCUT2D eigenvalue weighted by Gasteiger charge is 2.17. The van der Waals surface area contributed by atoms with Crippen LogP contribution in [0.25, 0.3) is 0 Å². The van der Waals surface area contributed by atoms with Crippen molar-refractivity contribution in [1.82, 2.24) is 0 Å². The zero-order valence-corrected chi connectivity index (χ0v) is 10.8. The van der Waals surface area contributed by atoms with Crippen LogP contribution in [0.2, 0.25) is 0 Å². The third-order valence-electron chi connectivity index (χ3n) is 2.98. The van der Waals surface area contributed by atoms with Crippen LogP contribution in [-0.2, 0) is 4.74 Å². The normalized spacial score (nSPS) is 19.3. The van der Waals surface area contributed by atoms with E-state index in [4.69, 9.17) is 14.2 Å². The van der Waals surface area contributed by atoms with Crippen LogP contribution in [-0.4, -0.2) is 32.2 Å². The fourth-order valence-electron chi connectivity index (χ4n) is 1.97. The molecular formula is C14H18O4. The van der Waals surface area contributed by atoms with Gasteiger partial charge in [0.2, 0.25) is 0 Å². The largest absolute Gasteiger partial charge is 0.493 e. The Morgan fingerprint density at radius 1 is 1.39 bits per heavy atom. The summed E-state index contributed by atoms with van der Waals surface area (Å²) in [7, 11) is 1.57. The Bertz CT molecular complexity index is 422. The fraction of sp³-hybridized carbons (Fsp3) is 0.500. The quantitative estimate of drug-likeness (QED) is 0.770. The predicted molar refractivity (Wildman–Crippen MR) is 67.5 cm³/mol. The molecule has 1 unspecified atom stereocenters. The number of ketones is 1. The van der Waals surface area contributed by atoms with Crippen molar-refractivity contribution in [1.29, 1.82) is 0 Å². The lowest BCUT2D eigenvalue weighted by molar-refractivity contribution is 0.00643. The molecule has 0 saturated carbocycles. The minimum absolute atomic E-state index is 0.0147. The summed E-state index contributed by atoms with van der Waals surface area (Å²) in [5.74, 6) is 1.27. The molecule has 1 heterocycles. The molecule has 2 rings (SSSR count). The molecule has 0 aliphatic carbocycles. The highest BCUT2D eigenvalue weighted by molar-refractivity contribution is 5.94. The van der Waals surface area contributed by atoms with Gasteiger partial charge >= 0.3 is 0 Å². The van der Waals surface area contributed by atoms with Gasteiger partial charge in [0.05, 0.1) is 13.7 Å². The van der Waals surface area contributed by atoms with Crippen LogP contribution in [0.15, 0.2) is 18.2 Å². The molecule has 0 spiro atoms. The van der Waals surface area contributed by atoms with Gasteiger partial charge in [0.1, 0.15) is 6.10 Å². The standard InChI is InChI=1S/C14H18O4/c1-10(15)11-5-6-13(14(8-11)16-2)18-12-4-3-7-17-9-12/h5-6,8,12H,3-4,7,9H2,1-2H3. The van der Waals surface area contributed by atoms with Crippen molar-refractivity contribution in [2.75, 3.05) is 20.3 Å². The molecule has 1 saturated heterocycles. The zero-order chi connectivity index (χ0) is 13.0. The zero-order valence-electron chi connectivity index (χ0n) is 10.8. The van der Waals surface area contributed by atoms with Crippen LogP contribution in [0.3, 0.4) is 0 Å². The molecule has 4 nitrogen and oxygen atoms in total. The number of methoxy groups -OCH3 is 1. The number of Topliss-reactive ketones (excluding diaryl/α,β-unsaturated/α-hetero) is 1. The highest BCUT2D eigenvalue weighted by Crippen LogP contribution is 2.30. The van der Waals surface area contributed by atoms with Crippen molar-refractivity contribution >= 4 is 5.78 Å². The van der Waals surface area contributed by atoms with Crippen molar-refractivity contribution in [2.45, 2.75) is 25.9 Å². The van der Waals surface area contributed by atoms with E-state index in [0.29, 0.717) is 23.7 Å². The number of carbonyl (C=O) groups excluding carboxylic acids is 1. The van der Waals surface area contributed by atoms with E-state index in [2.05, 4.69) is 0 Å². The summed E-state index contributed by atoms with van der Waals surface area (Å²) in [5, 5.41) is 0. The lowest BCUT2D eigenvalue weighted by Crippen LogP contribution is -2.28. The first-order valence-electron chi connectivity index (χ1n) is 6.14. The molecule has 1 atom stereocenters. The van der Waals surface area contributed by atoms with E-state index in [9.17, 15) is 4.79 Å². The maximum atomic E-state index is 11.3. The SMILES string of the molecule is COc1cc(C(C)=O)ccc1OC1CCCOC1. The third kappa shape index (κ3) is 3.01. The Labute approximate surface area is 107 Å². The number of ether oxygens (including phenoxy) is 3. The Kier molecular flexibility index (Phi) is 4.20. The number of benzene rings is 1. The summed E-state index contributed by atoms with van der Waals surface area (Å²) in [6.45, 7) is 2.95. The van der Waals surface area contributed by atoms with E-state index in [0.717, 1.165) is 19.4 Å². The lowest BCUT2D eigenvalue weighted by atomic mass is 10.1. The second-order valence-corrected chi connectivity index (χ2v) is 4.38. The van der Waals surface area contributed by atoms with Crippen molar-refractivity contribution in [3.8, 4) is 11.5 Å². The van der Waals surface area contributed by atoms with Gasteiger partial charge in [0.15, 0.2) is 17.3 Å². The number of hydrogen-bond donors (Lipinski definition) is 0. The van der Waals surface area contributed by atoms with E-state index in [1.165, 1.54) is 6.92 Å². The summed E-state index contributed by atoms with van der Waals surface area (Å²) in [6, 6.07) is 5.25. The van der Waals surface area contributed by atoms with Crippen molar-refractivity contribution in [2.24, 2.45) is 0 Å². The lowest BCUT2D eigenvalue weighted by Gasteiger charge is -2.24. The summed E-state index contributed by atoms with van der Waals surface area (Å²) >= 11 is 0. The number of carbonyl (C=O) groups is 1. The summed E-state index contributed by atoms with van der Waals surface area (Å²) in [6.07, 6.45) is 2.06. The maximum Gasteiger partial charge on any atom is 0.161 e. The Morgan fingerprint density at radius 3 is 2.83 bits per heavy atom. The molecule has 0 N–H and O–H groups in total. The van der Waals surface area contributed by atoms with Gasteiger partial charge in [0, 0.05) is 12.2 Å². The predicted octanol–water partition coefficient (Wildman–Crippen LogP) is 2.46. The van der Waals surface area contributed by atoms with Gasteiger partial charge in [-0.3, -0.25) is 4.79 Å².